The zero-order valence-electron chi connectivity index (χ0n) is 14.8. The third kappa shape index (κ3) is 4.20. The Hall–Kier alpha value is -2.64. The van der Waals surface area contributed by atoms with Gasteiger partial charge in [0.25, 0.3) is 5.91 Å². The molecular formula is C17H20N4O5S. The summed E-state index contributed by atoms with van der Waals surface area (Å²) >= 11 is 0. The maximum atomic E-state index is 12.7. The van der Waals surface area contributed by atoms with Gasteiger partial charge in [0, 0.05) is 13.1 Å². The van der Waals surface area contributed by atoms with Gasteiger partial charge < -0.3 is 10.1 Å². The molecule has 0 saturated carbocycles. The lowest BCUT2D eigenvalue weighted by Crippen LogP contribution is -2.53. The number of urea groups is 1. The number of hydrogen-bond donors (Lipinski definition) is 2. The quantitative estimate of drug-likeness (QED) is 0.574. The number of carbonyl (C=O) groups excluding carboxylic acids is 2. The molecule has 3 rings (SSSR count). The normalized spacial score (nSPS) is 24.1. The third-order valence-corrected chi connectivity index (χ3v) is 6.73. The largest absolute Gasteiger partial charge is 0.492 e. The van der Waals surface area contributed by atoms with Crippen molar-refractivity contribution < 1.29 is 22.7 Å². The van der Waals surface area contributed by atoms with E-state index < -0.39 is 33.3 Å². The van der Waals surface area contributed by atoms with Gasteiger partial charge in [0.1, 0.15) is 17.4 Å². The molecule has 0 unspecified atom stereocenters. The van der Waals surface area contributed by atoms with Crippen LogP contribution in [0.1, 0.15) is 19.8 Å². The molecule has 2 saturated heterocycles. The van der Waals surface area contributed by atoms with Crippen molar-refractivity contribution in [3.63, 3.8) is 0 Å². The number of piperidine rings is 1. The summed E-state index contributed by atoms with van der Waals surface area (Å²) in [5.41, 5.74) is -0.985. The van der Waals surface area contributed by atoms with Crippen LogP contribution >= 0.6 is 0 Å². The molecule has 1 aromatic carbocycles. The number of nitrogens with one attached hydrogen (secondary N) is 2. The molecule has 0 radical (unpaired) electrons. The number of ether oxygens (including phenoxy) is 1. The van der Waals surface area contributed by atoms with Crippen molar-refractivity contribution in [2.45, 2.75) is 31.4 Å². The fourth-order valence-corrected chi connectivity index (χ4v) is 5.07. The van der Waals surface area contributed by atoms with E-state index in [9.17, 15) is 18.0 Å². The SMILES string of the molecule is [C-]#[N+]c1cccc(OC2CCN(S(=O)(=O)C[C@@]3(C)NC(=O)NC3=O)CC2)c1. The first-order valence-corrected chi connectivity index (χ1v) is 10.1. The third-order valence-electron chi connectivity index (χ3n) is 4.63. The van der Waals surface area contributed by atoms with Crippen LogP contribution in [-0.2, 0) is 14.8 Å². The van der Waals surface area contributed by atoms with Crippen molar-refractivity contribution in [1.29, 1.82) is 0 Å². The highest BCUT2D eigenvalue weighted by atomic mass is 32.2. The molecule has 27 heavy (non-hydrogen) atoms. The maximum Gasteiger partial charge on any atom is 0.322 e. The highest BCUT2D eigenvalue weighted by Gasteiger charge is 2.46. The summed E-state index contributed by atoms with van der Waals surface area (Å²) in [5, 5.41) is 4.44. The van der Waals surface area contributed by atoms with Crippen LogP contribution < -0.4 is 15.4 Å². The van der Waals surface area contributed by atoms with Crippen LogP contribution in [0.2, 0.25) is 0 Å². The molecule has 0 aliphatic carbocycles. The molecule has 0 bridgehead atoms. The molecule has 0 aromatic heterocycles. The molecule has 2 fully saturated rings. The summed E-state index contributed by atoms with van der Waals surface area (Å²) in [6.07, 6.45) is 0.843. The summed E-state index contributed by atoms with van der Waals surface area (Å²) in [6, 6.07) is 6.15. The molecule has 144 valence electrons. The number of nitrogens with zero attached hydrogens (tertiary/aromatic N) is 2. The van der Waals surface area contributed by atoms with E-state index in [4.69, 9.17) is 11.3 Å². The second-order valence-electron chi connectivity index (χ2n) is 6.82. The topological polar surface area (TPSA) is 109 Å². The van der Waals surface area contributed by atoms with Gasteiger partial charge in [0.05, 0.1) is 12.3 Å². The maximum absolute atomic E-state index is 12.7. The van der Waals surface area contributed by atoms with Crippen LogP contribution in [0.15, 0.2) is 24.3 Å². The minimum atomic E-state index is -3.73. The van der Waals surface area contributed by atoms with E-state index in [1.54, 1.807) is 24.3 Å². The van der Waals surface area contributed by atoms with Gasteiger partial charge in [-0.2, -0.15) is 0 Å². The van der Waals surface area contributed by atoms with E-state index in [-0.39, 0.29) is 19.2 Å². The molecule has 3 amide bonds. The summed E-state index contributed by atoms with van der Waals surface area (Å²) in [4.78, 5) is 26.5. The Morgan fingerprint density at radius 1 is 1.33 bits per heavy atom. The number of imide groups is 1. The van der Waals surface area contributed by atoms with Crippen molar-refractivity contribution in [2.75, 3.05) is 18.8 Å². The first-order valence-electron chi connectivity index (χ1n) is 8.47. The number of carbonyl (C=O) groups is 2. The minimum Gasteiger partial charge on any atom is -0.492 e. The fraction of sp³-hybridized carbons (Fsp3) is 0.471. The molecule has 10 heteroatoms. The van der Waals surface area contributed by atoms with Crippen LogP contribution in [0.3, 0.4) is 0 Å². The molecular weight excluding hydrogens is 372 g/mol. The molecule has 0 spiro atoms. The zero-order chi connectivity index (χ0) is 19.7. The Kier molecular flexibility index (Phi) is 5.08. The second kappa shape index (κ2) is 7.17. The van der Waals surface area contributed by atoms with Crippen molar-refractivity contribution in [1.82, 2.24) is 14.9 Å². The predicted molar refractivity (Wildman–Crippen MR) is 96.8 cm³/mol. The van der Waals surface area contributed by atoms with Crippen molar-refractivity contribution in [2.24, 2.45) is 0 Å². The Balaban J connectivity index is 1.59. The van der Waals surface area contributed by atoms with E-state index in [0.29, 0.717) is 24.3 Å². The molecule has 1 atom stereocenters. The number of rotatable bonds is 5. The van der Waals surface area contributed by atoms with Crippen molar-refractivity contribution in [3.8, 4) is 5.75 Å². The highest BCUT2D eigenvalue weighted by Crippen LogP contribution is 2.25. The Morgan fingerprint density at radius 2 is 2.04 bits per heavy atom. The number of sulfonamides is 1. The van der Waals surface area contributed by atoms with Gasteiger partial charge in [-0.3, -0.25) is 10.1 Å². The number of hydrogen-bond acceptors (Lipinski definition) is 5. The average molecular weight is 392 g/mol. The Bertz CT molecular complexity index is 902. The fourth-order valence-electron chi connectivity index (χ4n) is 3.18. The van der Waals surface area contributed by atoms with E-state index in [2.05, 4.69) is 15.5 Å². The van der Waals surface area contributed by atoms with Gasteiger partial charge in [0.2, 0.25) is 10.0 Å². The first kappa shape index (κ1) is 19.1. The average Bonchev–Trinajstić information content (AvgIpc) is 2.86. The highest BCUT2D eigenvalue weighted by molar-refractivity contribution is 7.89. The summed E-state index contributed by atoms with van der Waals surface area (Å²) in [5.74, 6) is -0.549. The van der Waals surface area contributed by atoms with Gasteiger partial charge in [0.15, 0.2) is 5.69 Å². The number of benzene rings is 1. The van der Waals surface area contributed by atoms with Crippen LogP contribution in [-0.4, -0.2) is 55.1 Å². The molecule has 2 aliphatic heterocycles. The zero-order valence-corrected chi connectivity index (χ0v) is 15.6. The molecule has 9 nitrogen and oxygen atoms in total. The molecule has 2 aliphatic rings. The predicted octanol–water partition coefficient (Wildman–Crippen LogP) is 1.01. The summed E-state index contributed by atoms with van der Waals surface area (Å²) in [7, 11) is -3.73. The summed E-state index contributed by atoms with van der Waals surface area (Å²) in [6.45, 7) is 8.95. The minimum absolute atomic E-state index is 0.150. The molecule has 2 heterocycles. The van der Waals surface area contributed by atoms with Crippen molar-refractivity contribution in [3.05, 3.63) is 35.7 Å². The first-order chi connectivity index (χ1) is 12.7. The van der Waals surface area contributed by atoms with Gasteiger partial charge in [-0.1, -0.05) is 12.1 Å². The van der Waals surface area contributed by atoms with Gasteiger partial charge >= 0.3 is 6.03 Å². The Morgan fingerprint density at radius 3 is 2.63 bits per heavy atom. The van der Waals surface area contributed by atoms with Gasteiger partial charge in [-0.05, 0) is 31.9 Å². The van der Waals surface area contributed by atoms with E-state index in [1.807, 2.05) is 0 Å². The van der Waals surface area contributed by atoms with Crippen LogP contribution in [0, 0.1) is 6.57 Å². The van der Waals surface area contributed by atoms with Crippen LogP contribution in [0.5, 0.6) is 5.75 Å². The molecule has 1 aromatic rings. The van der Waals surface area contributed by atoms with Crippen LogP contribution in [0.4, 0.5) is 10.5 Å². The Labute approximate surface area is 157 Å². The molecule has 2 N–H and O–H groups in total. The lowest BCUT2D eigenvalue weighted by Gasteiger charge is -2.33. The lowest BCUT2D eigenvalue weighted by atomic mass is 10.1. The van der Waals surface area contributed by atoms with Gasteiger partial charge in [-0.25, -0.2) is 22.4 Å². The monoisotopic (exact) mass is 392 g/mol. The van der Waals surface area contributed by atoms with E-state index in [1.165, 1.54) is 11.2 Å². The van der Waals surface area contributed by atoms with E-state index >= 15 is 0 Å². The number of amides is 3. The lowest BCUT2D eigenvalue weighted by molar-refractivity contribution is -0.122. The van der Waals surface area contributed by atoms with Crippen molar-refractivity contribution >= 4 is 27.6 Å². The second-order valence-corrected chi connectivity index (χ2v) is 8.79. The smallest absolute Gasteiger partial charge is 0.322 e. The standard InChI is InChI=1S/C17H20N4O5S/c1-17(15(22)19-16(23)20-17)11-27(24,25)21-8-6-13(7-9-21)26-14-5-3-4-12(10-14)18-2/h3-5,10,13H,6-9,11H2,1H3,(H2,19,20,22,23)/t17-/m1/s1. The summed E-state index contributed by atoms with van der Waals surface area (Å²) < 4.78 is 32.5. The van der Waals surface area contributed by atoms with Crippen LogP contribution in [0.25, 0.3) is 4.85 Å². The van der Waals surface area contributed by atoms with E-state index in [0.717, 1.165) is 0 Å². The van der Waals surface area contributed by atoms with Gasteiger partial charge in [-0.15, -0.1) is 0 Å².